The fourth-order valence-corrected chi connectivity index (χ4v) is 6.45. The molecule has 0 unspecified atom stereocenters. The highest BCUT2D eigenvalue weighted by Gasteiger charge is 2.08. The lowest BCUT2D eigenvalue weighted by Gasteiger charge is -2.08. The topological polar surface area (TPSA) is 176 Å². The Morgan fingerprint density at radius 3 is 1.37 bits per heavy atom. The largest absolute Gasteiger partial charge is 0.504 e. The number of ether oxygens (including phenoxy) is 3. The maximum Gasteiger partial charge on any atom is 0.220 e. The average Bonchev–Trinajstić information content (AvgIpc) is 3.34. The van der Waals surface area contributed by atoms with E-state index in [-0.39, 0.29) is 35.0 Å². The second-order valence-electron chi connectivity index (χ2n) is 15.9. The van der Waals surface area contributed by atoms with Gasteiger partial charge in [0.1, 0.15) is 0 Å². The van der Waals surface area contributed by atoms with Gasteiger partial charge in [0.2, 0.25) is 17.7 Å². The van der Waals surface area contributed by atoms with Crippen molar-refractivity contribution in [3.63, 3.8) is 0 Å². The summed E-state index contributed by atoms with van der Waals surface area (Å²) in [7, 11) is 4.51. The summed E-state index contributed by atoms with van der Waals surface area (Å²) in [4.78, 5) is 35.3. The summed E-state index contributed by atoms with van der Waals surface area (Å²) in [6.45, 7) is 5.65. The molecule has 67 heavy (non-hydrogen) atoms. The Hall–Kier alpha value is -6.61. The van der Waals surface area contributed by atoms with Gasteiger partial charge >= 0.3 is 0 Å². The van der Waals surface area contributed by atoms with E-state index >= 15 is 0 Å². The number of carbonyl (C=O) groups excluding carboxylic acids is 3. The van der Waals surface area contributed by atoms with E-state index in [1.165, 1.54) is 47.0 Å². The van der Waals surface area contributed by atoms with Crippen LogP contribution >= 0.6 is 0 Å². The van der Waals surface area contributed by atoms with Gasteiger partial charge < -0.3 is 45.5 Å². The third kappa shape index (κ3) is 26.2. The predicted molar refractivity (Wildman–Crippen MR) is 267 cm³/mol. The quantitative estimate of drug-likeness (QED) is 0.0203. The van der Waals surface area contributed by atoms with Gasteiger partial charge in [-0.25, -0.2) is 0 Å². The van der Waals surface area contributed by atoms with Crippen LogP contribution < -0.4 is 30.2 Å². The minimum absolute atomic E-state index is 0.0167. The van der Waals surface area contributed by atoms with Gasteiger partial charge in [0.25, 0.3) is 0 Å². The summed E-state index contributed by atoms with van der Waals surface area (Å²) in [5.74, 6) is 7.96. The molecule has 0 bridgehead atoms. The Balaban J connectivity index is 0.000000347. The van der Waals surface area contributed by atoms with Gasteiger partial charge in [-0.3, -0.25) is 14.4 Å². The van der Waals surface area contributed by atoms with E-state index < -0.39 is 0 Å². The molecule has 0 aliphatic rings. The summed E-state index contributed by atoms with van der Waals surface area (Å²) < 4.78 is 15.1. The Morgan fingerprint density at radius 1 is 0.522 bits per heavy atom. The highest BCUT2D eigenvalue weighted by atomic mass is 16.5. The number of phenolic OH excluding ortho intramolecular Hbond substituents is 3. The van der Waals surface area contributed by atoms with Gasteiger partial charge in [-0.15, -0.1) is 0 Å². The molecule has 0 radical (unpaired) electrons. The van der Waals surface area contributed by atoms with Crippen molar-refractivity contribution in [3.05, 3.63) is 119 Å². The van der Waals surface area contributed by atoms with Crippen LogP contribution in [0.15, 0.2) is 97.1 Å². The van der Waals surface area contributed by atoms with Crippen molar-refractivity contribution >= 4 is 17.7 Å². The van der Waals surface area contributed by atoms with Crippen LogP contribution in [0.5, 0.6) is 34.5 Å². The first-order valence-corrected chi connectivity index (χ1v) is 23.6. The Morgan fingerprint density at radius 2 is 0.940 bits per heavy atom. The van der Waals surface area contributed by atoms with Crippen molar-refractivity contribution < 1.29 is 43.9 Å². The lowest BCUT2D eigenvalue weighted by Crippen LogP contribution is -2.22. The van der Waals surface area contributed by atoms with Crippen molar-refractivity contribution in [1.29, 1.82) is 0 Å². The lowest BCUT2D eigenvalue weighted by molar-refractivity contribution is -0.122. The summed E-state index contributed by atoms with van der Waals surface area (Å²) >= 11 is 0. The first kappa shape index (κ1) is 56.5. The number of nitrogens with one attached hydrogen (secondary N) is 3. The van der Waals surface area contributed by atoms with Crippen molar-refractivity contribution in [2.45, 2.75) is 136 Å². The summed E-state index contributed by atoms with van der Waals surface area (Å²) in [5.41, 5.74) is 3.73. The minimum Gasteiger partial charge on any atom is -0.504 e. The molecule has 4 aromatic rings. The maximum atomic E-state index is 11.9. The minimum atomic E-state index is 0.0167. The zero-order valence-corrected chi connectivity index (χ0v) is 40.5. The van der Waals surface area contributed by atoms with E-state index in [0.29, 0.717) is 56.1 Å². The third-order valence-electron chi connectivity index (χ3n) is 10.3. The third-order valence-corrected chi connectivity index (χ3v) is 10.3. The van der Waals surface area contributed by atoms with Gasteiger partial charge in [-0.1, -0.05) is 106 Å². The molecule has 12 heteroatoms. The number of allylic oxidation sites excluding steroid dienone is 2. The van der Waals surface area contributed by atoms with Gasteiger partial charge in [-0.2, -0.15) is 0 Å². The van der Waals surface area contributed by atoms with Gasteiger partial charge in [0.15, 0.2) is 34.5 Å². The molecular formula is C55H75N3O9. The highest BCUT2D eigenvalue weighted by Crippen LogP contribution is 2.28. The Bertz CT molecular complexity index is 2110. The van der Waals surface area contributed by atoms with Crippen LogP contribution in [-0.2, 0) is 34.0 Å². The molecule has 0 saturated carbocycles. The molecule has 0 atom stereocenters. The molecule has 0 heterocycles. The van der Waals surface area contributed by atoms with Crippen LogP contribution in [0.4, 0.5) is 0 Å². The summed E-state index contributed by atoms with van der Waals surface area (Å²) in [6, 6.07) is 25.1. The number of phenols is 3. The molecule has 0 fully saturated rings. The standard InChI is InChI=1S/C21H23NO3.C17H27NO3.C17H25NO3/c1-25-20-15-18(13-14-19(20)23)16-22-21(24)12-8-3-2-5-9-17-10-6-4-7-11-17;2*1-3-4-5-6-7-8-9-17(20)18-13-14-10-11-15(19)16(12-14)21-2/h4,6-7,10-11,13-15,23H,2-3,8,12,16H2,1H3,(H,22,24);10-12,19H,3-9,13H2,1-2H3,(H,18,20);4-5,10-12,19H,3,6-9,13H2,1-2H3,(H,18,20)/b;;5-4+. The molecule has 364 valence electrons. The highest BCUT2D eigenvalue weighted by molar-refractivity contribution is 5.76. The number of benzene rings is 4. The Kier molecular flexibility index (Phi) is 30.1. The molecule has 0 aliphatic heterocycles. The van der Waals surface area contributed by atoms with Crippen LogP contribution in [0.2, 0.25) is 0 Å². The SMILES string of the molecule is CC/C=C/CCCCC(=O)NCc1ccc(O)c(OC)c1.CCCCCCCCC(=O)NCc1ccc(O)c(OC)c1.COc1cc(CNC(=O)CCCCC#Cc2ccccc2)ccc1O. The number of aromatic hydroxyl groups is 3. The normalized spacial score (nSPS) is 10.3. The van der Waals surface area contributed by atoms with E-state index in [1.54, 1.807) is 54.6 Å². The first-order valence-electron chi connectivity index (χ1n) is 23.6. The molecule has 6 N–H and O–H groups in total. The number of hydrogen-bond donors (Lipinski definition) is 6. The fourth-order valence-electron chi connectivity index (χ4n) is 6.45. The van der Waals surface area contributed by atoms with Crippen molar-refractivity contribution in [1.82, 2.24) is 16.0 Å². The number of methoxy groups -OCH3 is 3. The fraction of sp³-hybridized carbons (Fsp3) is 0.436. The first-order chi connectivity index (χ1) is 32.5. The van der Waals surface area contributed by atoms with Gasteiger partial charge in [0, 0.05) is 50.9 Å². The second kappa shape index (κ2) is 35.6. The number of rotatable bonds is 26. The monoisotopic (exact) mass is 922 g/mol. The smallest absolute Gasteiger partial charge is 0.220 e. The van der Waals surface area contributed by atoms with Gasteiger partial charge in [-0.05, 0) is 110 Å². The van der Waals surface area contributed by atoms with Crippen molar-refractivity contribution in [3.8, 4) is 46.3 Å². The van der Waals surface area contributed by atoms with E-state index in [9.17, 15) is 29.7 Å². The van der Waals surface area contributed by atoms with Crippen LogP contribution in [0.1, 0.15) is 139 Å². The molecule has 0 aliphatic carbocycles. The zero-order valence-electron chi connectivity index (χ0n) is 40.5. The van der Waals surface area contributed by atoms with Crippen LogP contribution in [0.3, 0.4) is 0 Å². The molecule has 3 amide bonds. The van der Waals surface area contributed by atoms with Crippen molar-refractivity contribution in [2.24, 2.45) is 0 Å². The van der Waals surface area contributed by atoms with Crippen LogP contribution in [0, 0.1) is 11.8 Å². The van der Waals surface area contributed by atoms with Crippen LogP contribution in [0.25, 0.3) is 0 Å². The second-order valence-corrected chi connectivity index (χ2v) is 15.9. The van der Waals surface area contributed by atoms with E-state index in [0.717, 1.165) is 80.0 Å². The van der Waals surface area contributed by atoms with E-state index in [2.05, 4.69) is 53.8 Å². The molecule has 0 spiro atoms. The predicted octanol–water partition coefficient (Wildman–Crippen LogP) is 10.9. The van der Waals surface area contributed by atoms with Crippen molar-refractivity contribution in [2.75, 3.05) is 21.3 Å². The lowest BCUT2D eigenvalue weighted by atomic mass is 10.1. The van der Waals surface area contributed by atoms with E-state index in [4.69, 9.17) is 14.2 Å². The number of unbranched alkanes of at least 4 members (excludes halogenated alkanes) is 9. The summed E-state index contributed by atoms with van der Waals surface area (Å²) in [5, 5.41) is 37.2. The molecular weight excluding hydrogens is 847 g/mol. The van der Waals surface area contributed by atoms with E-state index in [1.807, 2.05) is 30.3 Å². The maximum absolute atomic E-state index is 11.9. The van der Waals surface area contributed by atoms with Gasteiger partial charge in [0.05, 0.1) is 21.3 Å². The molecule has 0 aromatic heterocycles. The molecule has 12 nitrogen and oxygen atoms in total. The summed E-state index contributed by atoms with van der Waals surface area (Å²) in [6.07, 6.45) is 19.6. The number of hydrogen-bond acceptors (Lipinski definition) is 9. The Labute approximate surface area is 399 Å². The van der Waals surface area contributed by atoms with Crippen LogP contribution in [-0.4, -0.2) is 54.4 Å². The molecule has 4 rings (SSSR count). The molecule has 0 saturated heterocycles. The number of carbonyl (C=O) groups is 3. The average molecular weight is 922 g/mol. The number of amides is 3. The molecule has 4 aromatic carbocycles. The zero-order chi connectivity index (χ0) is 48.9.